The van der Waals surface area contributed by atoms with Gasteiger partial charge in [-0.2, -0.15) is 0 Å². The van der Waals surface area contributed by atoms with E-state index in [-0.39, 0.29) is 23.0 Å². The van der Waals surface area contributed by atoms with Gasteiger partial charge in [-0.3, -0.25) is 14.3 Å². The van der Waals surface area contributed by atoms with Crippen LogP contribution in [0, 0.1) is 13.8 Å². The van der Waals surface area contributed by atoms with Gasteiger partial charge in [-0.25, -0.2) is 8.42 Å². The van der Waals surface area contributed by atoms with Crippen LogP contribution in [0.15, 0.2) is 71.6 Å². The number of rotatable bonds is 8. The number of sulfonamides is 1. The molecule has 172 valence electrons. The molecule has 0 atom stereocenters. The van der Waals surface area contributed by atoms with Crippen LogP contribution in [0.25, 0.3) is 0 Å². The fourth-order valence-electron chi connectivity index (χ4n) is 3.25. The lowest BCUT2D eigenvalue weighted by Gasteiger charge is -2.13. The van der Waals surface area contributed by atoms with Crippen LogP contribution >= 0.6 is 0 Å². The van der Waals surface area contributed by atoms with E-state index in [9.17, 15) is 18.0 Å². The zero-order chi connectivity index (χ0) is 24.0. The third-order valence-electron chi connectivity index (χ3n) is 4.67. The molecule has 33 heavy (non-hydrogen) atoms. The van der Waals surface area contributed by atoms with Crippen molar-refractivity contribution in [2.24, 2.45) is 0 Å². The average molecular weight is 468 g/mol. The van der Waals surface area contributed by atoms with Gasteiger partial charge < -0.3 is 15.4 Å². The maximum absolute atomic E-state index is 12.8. The molecular weight excluding hydrogens is 442 g/mol. The molecule has 0 aromatic heterocycles. The van der Waals surface area contributed by atoms with Crippen LogP contribution in [0.1, 0.15) is 21.5 Å². The zero-order valence-corrected chi connectivity index (χ0v) is 19.3. The lowest BCUT2D eigenvalue weighted by molar-refractivity contribution is -0.115. The molecule has 0 radical (unpaired) electrons. The predicted molar refractivity (Wildman–Crippen MR) is 127 cm³/mol. The quantitative estimate of drug-likeness (QED) is 0.469. The molecule has 0 saturated heterocycles. The summed E-state index contributed by atoms with van der Waals surface area (Å²) in [4.78, 5) is 24.6. The third kappa shape index (κ3) is 6.33. The molecule has 2 amide bonds. The van der Waals surface area contributed by atoms with E-state index in [0.717, 1.165) is 11.1 Å². The minimum absolute atomic E-state index is 0.0366. The fourth-order valence-corrected chi connectivity index (χ4v) is 4.36. The van der Waals surface area contributed by atoms with E-state index in [1.165, 1.54) is 25.3 Å². The Labute approximate surface area is 193 Å². The predicted octanol–water partition coefficient (Wildman–Crippen LogP) is 3.48. The number of anilines is 2. The summed E-state index contributed by atoms with van der Waals surface area (Å²) in [6, 6.07) is 17.9. The van der Waals surface area contributed by atoms with Crippen LogP contribution in [0.3, 0.4) is 0 Å². The molecule has 0 aliphatic carbocycles. The Kier molecular flexibility index (Phi) is 7.34. The summed E-state index contributed by atoms with van der Waals surface area (Å²) in [5.41, 5.74) is 2.94. The highest BCUT2D eigenvalue weighted by atomic mass is 32.2. The summed E-state index contributed by atoms with van der Waals surface area (Å²) >= 11 is 0. The Balaban J connectivity index is 1.65. The number of methoxy groups -OCH3 is 1. The van der Waals surface area contributed by atoms with Crippen molar-refractivity contribution < 1.29 is 22.7 Å². The van der Waals surface area contributed by atoms with Gasteiger partial charge in [0.25, 0.3) is 15.9 Å². The first-order valence-electron chi connectivity index (χ1n) is 10.1. The normalized spacial score (nSPS) is 10.9. The van der Waals surface area contributed by atoms with Crippen molar-refractivity contribution in [3.05, 3.63) is 83.4 Å². The Bertz CT molecular complexity index is 1270. The molecule has 9 heteroatoms. The van der Waals surface area contributed by atoms with Crippen molar-refractivity contribution in [3.8, 4) is 5.75 Å². The van der Waals surface area contributed by atoms with Crippen molar-refractivity contribution in [2.75, 3.05) is 23.7 Å². The van der Waals surface area contributed by atoms with E-state index in [0.29, 0.717) is 17.0 Å². The number of hydrogen-bond donors (Lipinski definition) is 3. The van der Waals surface area contributed by atoms with Gasteiger partial charge in [0.2, 0.25) is 5.91 Å². The van der Waals surface area contributed by atoms with Crippen LogP contribution in [0.2, 0.25) is 0 Å². The van der Waals surface area contributed by atoms with Crippen molar-refractivity contribution in [3.63, 3.8) is 0 Å². The number of aryl methyl sites for hydroxylation is 2. The lowest BCUT2D eigenvalue weighted by atomic mass is 10.1. The molecule has 0 unspecified atom stereocenters. The number of carbonyl (C=O) groups is 2. The zero-order valence-electron chi connectivity index (χ0n) is 18.5. The number of hydrogen-bond acceptors (Lipinski definition) is 5. The van der Waals surface area contributed by atoms with Crippen molar-refractivity contribution in [2.45, 2.75) is 18.7 Å². The molecule has 0 fully saturated rings. The summed E-state index contributed by atoms with van der Waals surface area (Å²) in [6.45, 7) is 3.52. The first-order valence-corrected chi connectivity index (χ1v) is 11.6. The number of amides is 2. The summed E-state index contributed by atoms with van der Waals surface area (Å²) < 4.78 is 33.3. The van der Waals surface area contributed by atoms with E-state index in [1.807, 2.05) is 19.9 Å². The summed E-state index contributed by atoms with van der Waals surface area (Å²) in [6.07, 6.45) is 0. The van der Waals surface area contributed by atoms with E-state index < -0.39 is 15.9 Å². The van der Waals surface area contributed by atoms with Gasteiger partial charge in [-0.15, -0.1) is 0 Å². The minimum Gasteiger partial charge on any atom is -0.495 e. The molecule has 0 heterocycles. The van der Waals surface area contributed by atoms with Crippen molar-refractivity contribution in [1.82, 2.24) is 5.32 Å². The Morgan fingerprint density at radius 1 is 0.909 bits per heavy atom. The maximum Gasteiger partial charge on any atom is 0.262 e. The van der Waals surface area contributed by atoms with E-state index in [2.05, 4.69) is 15.4 Å². The fraction of sp³-hybridized carbons (Fsp3) is 0.167. The molecular formula is C24H25N3O5S. The summed E-state index contributed by atoms with van der Waals surface area (Å²) in [7, 11) is -2.48. The molecule has 0 spiro atoms. The minimum atomic E-state index is -3.93. The maximum atomic E-state index is 12.8. The number of nitrogens with one attached hydrogen (secondary N) is 3. The van der Waals surface area contributed by atoms with Crippen LogP contribution in [-0.4, -0.2) is 33.9 Å². The molecule has 8 nitrogen and oxygen atoms in total. The highest BCUT2D eigenvalue weighted by Gasteiger charge is 2.17. The van der Waals surface area contributed by atoms with Crippen LogP contribution in [0.4, 0.5) is 11.4 Å². The molecule has 0 aliphatic heterocycles. The lowest BCUT2D eigenvalue weighted by Crippen LogP contribution is -2.33. The highest BCUT2D eigenvalue weighted by molar-refractivity contribution is 7.92. The standard InChI is InChI=1S/C24H25N3O5S/c1-16-11-17(2)13-18(12-16)24(29)25-15-23(28)26-19-7-6-8-20(14-19)33(30,31)27-21-9-4-5-10-22(21)32-3/h4-14,27H,15H2,1-3H3,(H,25,29)(H,26,28). The van der Waals surface area contributed by atoms with E-state index >= 15 is 0 Å². The molecule has 0 aliphatic rings. The topological polar surface area (TPSA) is 114 Å². The highest BCUT2D eigenvalue weighted by Crippen LogP contribution is 2.26. The number of carbonyl (C=O) groups excluding carboxylic acids is 2. The molecule has 0 saturated carbocycles. The van der Waals surface area contributed by atoms with E-state index in [4.69, 9.17) is 4.74 Å². The van der Waals surface area contributed by atoms with Gasteiger partial charge in [-0.1, -0.05) is 35.4 Å². The van der Waals surface area contributed by atoms with Gasteiger partial charge in [-0.05, 0) is 56.3 Å². The molecule has 0 bridgehead atoms. The third-order valence-corrected chi connectivity index (χ3v) is 6.04. The van der Waals surface area contributed by atoms with Crippen LogP contribution < -0.4 is 20.1 Å². The number of para-hydroxylation sites is 2. The van der Waals surface area contributed by atoms with Gasteiger partial charge >= 0.3 is 0 Å². The van der Waals surface area contributed by atoms with Crippen molar-refractivity contribution >= 4 is 33.2 Å². The molecule has 3 aromatic rings. The Hall–Kier alpha value is -3.85. The SMILES string of the molecule is COc1ccccc1NS(=O)(=O)c1cccc(NC(=O)CNC(=O)c2cc(C)cc(C)c2)c1. The Morgan fingerprint density at radius 2 is 1.61 bits per heavy atom. The van der Waals surface area contributed by atoms with Crippen molar-refractivity contribution in [1.29, 1.82) is 0 Å². The molecule has 3 rings (SSSR count). The number of benzene rings is 3. The first-order chi connectivity index (χ1) is 15.7. The number of ether oxygens (including phenoxy) is 1. The first kappa shape index (κ1) is 23.8. The van der Waals surface area contributed by atoms with Gasteiger partial charge in [0.1, 0.15) is 5.75 Å². The average Bonchev–Trinajstić information content (AvgIpc) is 2.77. The second-order valence-corrected chi connectivity index (χ2v) is 9.12. The van der Waals surface area contributed by atoms with Crippen LogP contribution in [0.5, 0.6) is 5.75 Å². The molecule has 3 N–H and O–H groups in total. The largest absolute Gasteiger partial charge is 0.495 e. The van der Waals surface area contributed by atoms with Gasteiger partial charge in [0, 0.05) is 11.3 Å². The van der Waals surface area contributed by atoms with Gasteiger partial charge in [0.05, 0.1) is 24.2 Å². The molecule has 3 aromatic carbocycles. The monoisotopic (exact) mass is 467 g/mol. The summed E-state index contributed by atoms with van der Waals surface area (Å²) in [5, 5.41) is 5.17. The smallest absolute Gasteiger partial charge is 0.262 e. The second-order valence-electron chi connectivity index (χ2n) is 7.44. The second kappa shape index (κ2) is 10.2. The van der Waals surface area contributed by atoms with Gasteiger partial charge in [0.15, 0.2) is 0 Å². The van der Waals surface area contributed by atoms with Crippen LogP contribution in [-0.2, 0) is 14.8 Å². The Morgan fingerprint density at radius 3 is 2.30 bits per heavy atom. The summed E-state index contributed by atoms with van der Waals surface area (Å²) in [5.74, 6) is -0.473. The van der Waals surface area contributed by atoms with E-state index in [1.54, 1.807) is 42.5 Å².